The Morgan fingerprint density at radius 1 is 0.771 bits per heavy atom. The van der Waals surface area contributed by atoms with Gasteiger partial charge in [0, 0.05) is 43.7 Å². The maximum atomic E-state index is 11.4. The summed E-state index contributed by atoms with van der Waals surface area (Å²) in [6, 6.07) is 22.4. The fourth-order valence-corrected chi connectivity index (χ4v) is 13.5. The monoisotopic (exact) mass is 712 g/mol. The quantitative estimate of drug-likeness (QED) is 0.254. The van der Waals surface area contributed by atoms with Gasteiger partial charge in [-0.25, -0.2) is 9.98 Å². The Labute approximate surface area is 292 Å². The second-order valence-corrected chi connectivity index (χ2v) is 21.5. The second kappa shape index (κ2) is 15.1. The van der Waals surface area contributed by atoms with Gasteiger partial charge >= 0.3 is 0 Å². The zero-order valence-electron chi connectivity index (χ0n) is 28.8. The van der Waals surface area contributed by atoms with Crippen LogP contribution in [0.5, 0.6) is 0 Å². The Morgan fingerprint density at radius 2 is 1.29 bits per heavy atom. The fraction of sp³-hybridized carbons (Fsp3) is 0.600. The topological polar surface area (TPSA) is 108 Å². The molecule has 2 aromatic rings. The Morgan fingerprint density at radius 3 is 1.88 bits per heavy atom. The van der Waals surface area contributed by atoms with E-state index in [1.807, 2.05) is 11.8 Å². The summed E-state index contributed by atoms with van der Waals surface area (Å²) in [7, 11) is -6.06. The lowest BCUT2D eigenvalue weighted by molar-refractivity contribution is 0.230. The van der Waals surface area contributed by atoms with Gasteiger partial charge in [0.2, 0.25) is 0 Å². The van der Waals surface area contributed by atoms with Gasteiger partial charge in [0.25, 0.3) is 18.4 Å². The molecular formula is C35H52N6O4S2Si. The van der Waals surface area contributed by atoms with Gasteiger partial charge in [-0.2, -0.15) is 20.2 Å². The van der Waals surface area contributed by atoms with Crippen LogP contribution in [0.15, 0.2) is 70.6 Å². The summed E-state index contributed by atoms with van der Waals surface area (Å²) in [4.78, 5) is 14.9. The predicted octanol–water partition coefficient (Wildman–Crippen LogP) is 2.86. The van der Waals surface area contributed by atoms with Gasteiger partial charge in [-0.1, -0.05) is 81.4 Å². The highest BCUT2D eigenvalue weighted by Gasteiger charge is 2.50. The van der Waals surface area contributed by atoms with Crippen LogP contribution in [0.2, 0.25) is 5.04 Å². The van der Waals surface area contributed by atoms with Crippen molar-refractivity contribution in [1.82, 2.24) is 20.4 Å². The van der Waals surface area contributed by atoms with E-state index < -0.39 is 18.4 Å². The van der Waals surface area contributed by atoms with E-state index in [4.69, 9.17) is 18.6 Å². The van der Waals surface area contributed by atoms with Crippen molar-refractivity contribution in [3.05, 3.63) is 60.7 Å². The van der Waals surface area contributed by atoms with Crippen molar-refractivity contribution in [3.63, 3.8) is 0 Å². The third kappa shape index (κ3) is 8.40. The average Bonchev–Trinajstić information content (AvgIpc) is 3.07. The van der Waals surface area contributed by atoms with Gasteiger partial charge in [-0.3, -0.25) is 4.18 Å². The number of fused-ring (bicyclic) bond motifs is 2. The van der Waals surface area contributed by atoms with Crippen molar-refractivity contribution in [2.75, 3.05) is 57.2 Å². The second-order valence-electron chi connectivity index (χ2n) is 14.5. The van der Waals surface area contributed by atoms with E-state index in [0.29, 0.717) is 12.6 Å². The van der Waals surface area contributed by atoms with Crippen LogP contribution in [0, 0.1) is 0 Å². The van der Waals surface area contributed by atoms with E-state index in [2.05, 4.69) is 102 Å². The lowest BCUT2D eigenvalue weighted by Crippen LogP contribution is -2.67. The maximum absolute atomic E-state index is 11.4. The minimum absolute atomic E-state index is 0.0371. The molecule has 2 fully saturated rings. The standard InChI is InChI=1S/C35H52N6O4S2Si/c1-35(2,3)48(31-11-7-5-8-12-31,32-13-9-6-10-14-32)45-24-28-16-20-41-22-18-30(39-34(41)37-28)26-46-25-29-17-21-40-19-15-27(36-33(40)38-29)23-44-47(4,42)43/h5-14,27-30H,15-26H2,1-4H3,(H,36,38)(H,37,39)/t27-,28-,29-,30-/m1/s1. The molecule has 2 aromatic carbocycles. The van der Waals surface area contributed by atoms with Crippen LogP contribution < -0.4 is 21.0 Å². The zero-order valence-corrected chi connectivity index (χ0v) is 31.4. The number of rotatable bonds is 12. The van der Waals surface area contributed by atoms with Crippen LogP contribution in [0.1, 0.15) is 46.5 Å². The van der Waals surface area contributed by atoms with Gasteiger partial charge in [0.1, 0.15) is 0 Å². The van der Waals surface area contributed by atoms with Crippen LogP contribution in [-0.4, -0.2) is 120 Å². The molecule has 6 rings (SSSR count). The molecule has 4 aliphatic rings. The van der Waals surface area contributed by atoms with Crippen LogP contribution in [0.4, 0.5) is 0 Å². The molecule has 0 radical (unpaired) electrons. The Balaban J connectivity index is 1.05. The summed E-state index contributed by atoms with van der Waals surface area (Å²) < 4.78 is 35.1. The van der Waals surface area contributed by atoms with E-state index in [0.717, 1.165) is 81.5 Å². The fourth-order valence-electron chi connectivity index (χ4n) is 7.31. The molecule has 4 aliphatic heterocycles. The number of thioether (sulfide) groups is 1. The molecule has 4 heterocycles. The van der Waals surface area contributed by atoms with Crippen molar-refractivity contribution < 1.29 is 17.0 Å². The lowest BCUT2D eigenvalue weighted by Gasteiger charge is -2.44. The first-order valence-electron chi connectivity index (χ1n) is 17.4. The van der Waals surface area contributed by atoms with Gasteiger partial charge in [-0.15, -0.1) is 0 Å². The lowest BCUT2D eigenvalue weighted by atomic mass is 10.1. The van der Waals surface area contributed by atoms with E-state index in [1.54, 1.807) is 0 Å². The van der Waals surface area contributed by atoms with Gasteiger partial charge < -0.3 is 24.9 Å². The molecule has 2 saturated heterocycles. The minimum atomic E-state index is -3.45. The molecule has 2 N–H and O–H groups in total. The van der Waals surface area contributed by atoms with Crippen molar-refractivity contribution >= 4 is 52.5 Å². The first-order valence-corrected chi connectivity index (χ1v) is 22.2. The van der Waals surface area contributed by atoms with Crippen LogP contribution in [-0.2, 0) is 18.7 Å². The number of hydrogen-bond donors (Lipinski definition) is 2. The van der Waals surface area contributed by atoms with Crippen LogP contribution in [0.3, 0.4) is 0 Å². The molecule has 262 valence electrons. The third-order valence-corrected chi connectivity index (χ3v) is 16.7. The van der Waals surface area contributed by atoms with Crippen molar-refractivity contribution in [2.24, 2.45) is 9.98 Å². The number of hydrogen-bond acceptors (Lipinski definition) is 11. The summed E-state index contributed by atoms with van der Waals surface area (Å²) in [5, 5.41) is 9.75. The molecular weight excluding hydrogens is 661 g/mol. The molecule has 48 heavy (non-hydrogen) atoms. The van der Waals surface area contributed by atoms with Crippen molar-refractivity contribution in [1.29, 1.82) is 0 Å². The smallest absolute Gasteiger partial charge is 0.264 e. The van der Waals surface area contributed by atoms with Gasteiger partial charge in [0.15, 0.2) is 11.9 Å². The molecule has 13 heteroatoms. The summed E-state index contributed by atoms with van der Waals surface area (Å²) in [6.45, 7) is 11.6. The van der Waals surface area contributed by atoms with E-state index >= 15 is 0 Å². The summed E-state index contributed by atoms with van der Waals surface area (Å²) in [5.74, 6) is 3.89. The highest BCUT2D eigenvalue weighted by Crippen LogP contribution is 2.37. The normalized spacial score (nSPS) is 24.8. The van der Waals surface area contributed by atoms with E-state index in [1.165, 1.54) is 10.4 Å². The Bertz CT molecular complexity index is 1500. The van der Waals surface area contributed by atoms with Crippen LogP contribution >= 0.6 is 11.8 Å². The number of guanidine groups is 2. The molecule has 0 unspecified atom stereocenters. The highest BCUT2D eigenvalue weighted by atomic mass is 32.2. The van der Waals surface area contributed by atoms with Crippen LogP contribution in [0.25, 0.3) is 0 Å². The minimum Gasteiger partial charge on any atom is -0.405 e. The van der Waals surface area contributed by atoms with E-state index in [9.17, 15) is 8.42 Å². The molecule has 10 nitrogen and oxygen atoms in total. The van der Waals surface area contributed by atoms with E-state index in [-0.39, 0.29) is 29.8 Å². The summed E-state index contributed by atoms with van der Waals surface area (Å²) in [6.07, 6.45) is 5.07. The molecule has 0 aliphatic carbocycles. The third-order valence-electron chi connectivity index (χ3n) is 9.86. The molecule has 0 saturated carbocycles. The molecule has 0 spiro atoms. The first kappa shape index (κ1) is 35.3. The summed E-state index contributed by atoms with van der Waals surface area (Å²) >= 11 is 1.96. The summed E-state index contributed by atoms with van der Waals surface area (Å²) in [5.41, 5.74) is 0. The Kier molecular flexibility index (Phi) is 11.1. The zero-order chi connectivity index (χ0) is 33.8. The largest absolute Gasteiger partial charge is 0.405 e. The van der Waals surface area contributed by atoms with Crippen molar-refractivity contribution in [3.8, 4) is 0 Å². The Hall–Kier alpha value is -2.58. The number of benzene rings is 2. The number of nitrogens with zero attached hydrogens (tertiary/aromatic N) is 4. The highest BCUT2D eigenvalue weighted by molar-refractivity contribution is 7.99. The van der Waals surface area contributed by atoms with Gasteiger partial charge in [-0.05, 0) is 41.1 Å². The molecule has 0 amide bonds. The molecule has 0 bridgehead atoms. The average molecular weight is 713 g/mol. The van der Waals surface area contributed by atoms with Crippen molar-refractivity contribution in [2.45, 2.75) is 75.7 Å². The molecule has 0 aromatic heterocycles. The number of nitrogens with one attached hydrogen (secondary N) is 2. The predicted molar refractivity (Wildman–Crippen MR) is 200 cm³/mol. The van der Waals surface area contributed by atoms with Gasteiger partial charge in [0.05, 0.1) is 37.6 Å². The SMILES string of the molecule is CC(C)(C)[Si](OC[C@H]1CCN2CC[C@H](CSC[C@H]3CCN4CC[C@H](COS(C)(=O)=O)NC4=N3)NC2=N1)(c1ccccc1)c1ccccc1. The number of aliphatic imine (C=N–C) groups is 2. The molecule has 4 atom stereocenters. The first-order chi connectivity index (χ1) is 23.0. The maximum Gasteiger partial charge on any atom is 0.264 e.